The number of rotatable bonds is 2. The molecule has 0 saturated heterocycles. The Hall–Kier alpha value is -0.740. The molecule has 0 atom stereocenters. The van der Waals surface area contributed by atoms with E-state index in [-0.39, 0.29) is 5.15 Å². The van der Waals surface area contributed by atoms with Crippen LogP contribution in [0.1, 0.15) is 22.3 Å². The van der Waals surface area contributed by atoms with E-state index in [1.165, 1.54) is 0 Å². The Labute approximate surface area is 82.5 Å². The summed E-state index contributed by atoms with van der Waals surface area (Å²) in [5.74, 6) is 0. The second-order valence-corrected chi connectivity index (χ2v) is 2.84. The molecule has 0 aliphatic carbocycles. The van der Waals surface area contributed by atoms with E-state index in [0.717, 1.165) is 12.3 Å². The number of halogens is 4. The van der Waals surface area contributed by atoms with Gasteiger partial charge in [0, 0.05) is 11.8 Å². The molecule has 1 aromatic heterocycles. The molecule has 1 heterocycles. The van der Waals surface area contributed by atoms with Crippen LogP contribution in [0.4, 0.5) is 8.78 Å². The van der Waals surface area contributed by atoms with Crippen molar-refractivity contribution in [3.8, 4) is 0 Å². The molecule has 0 aliphatic heterocycles. The van der Waals surface area contributed by atoms with Crippen molar-refractivity contribution >= 4 is 28.4 Å². The van der Waals surface area contributed by atoms with Crippen molar-refractivity contribution in [2.75, 3.05) is 0 Å². The zero-order valence-corrected chi connectivity index (χ0v) is 7.61. The lowest BCUT2D eigenvalue weighted by atomic mass is 10.1. The van der Waals surface area contributed by atoms with Crippen LogP contribution < -0.4 is 0 Å². The number of hydrogen-bond acceptors (Lipinski definition) is 2. The largest absolute Gasteiger partial charge is 0.275 e. The number of carbonyl (C=O) groups excluding carboxylic acids is 1. The van der Waals surface area contributed by atoms with Crippen LogP contribution in [-0.4, -0.2) is 10.2 Å². The van der Waals surface area contributed by atoms with Crippen LogP contribution in [0.5, 0.6) is 0 Å². The van der Waals surface area contributed by atoms with Gasteiger partial charge in [0.15, 0.2) is 0 Å². The minimum absolute atomic E-state index is 0.308. The van der Waals surface area contributed by atoms with Crippen LogP contribution in [0.2, 0.25) is 5.15 Å². The van der Waals surface area contributed by atoms with Crippen molar-refractivity contribution in [1.29, 1.82) is 0 Å². The molecule has 0 radical (unpaired) electrons. The van der Waals surface area contributed by atoms with E-state index in [1.54, 1.807) is 0 Å². The Morgan fingerprint density at radius 1 is 1.54 bits per heavy atom. The van der Waals surface area contributed by atoms with Crippen molar-refractivity contribution in [2.24, 2.45) is 0 Å². The summed E-state index contributed by atoms with van der Waals surface area (Å²) in [6.45, 7) is 0. The highest BCUT2D eigenvalue weighted by molar-refractivity contribution is 6.68. The number of hydrogen-bond donors (Lipinski definition) is 0. The maximum atomic E-state index is 12.3. The molecule has 0 saturated carbocycles. The summed E-state index contributed by atoms with van der Waals surface area (Å²) in [6.07, 6.45) is -1.70. The molecule has 0 spiro atoms. The summed E-state index contributed by atoms with van der Waals surface area (Å²) < 4.78 is 24.5. The lowest BCUT2D eigenvalue weighted by molar-refractivity contribution is 0.106. The number of aromatic nitrogens is 1. The minimum atomic E-state index is -2.79. The summed E-state index contributed by atoms with van der Waals surface area (Å²) in [5.41, 5.74) is -0.930. The zero-order chi connectivity index (χ0) is 10.0. The zero-order valence-electron chi connectivity index (χ0n) is 6.10. The molecular formula is C7H3Cl2F2NO. The third-order valence-electron chi connectivity index (χ3n) is 1.37. The quantitative estimate of drug-likeness (QED) is 0.572. The molecule has 1 aromatic rings. The van der Waals surface area contributed by atoms with Gasteiger partial charge in [0.05, 0.1) is 5.56 Å². The highest BCUT2D eigenvalue weighted by Crippen LogP contribution is 2.27. The van der Waals surface area contributed by atoms with Crippen LogP contribution in [0.15, 0.2) is 12.3 Å². The molecule has 0 fully saturated rings. The van der Waals surface area contributed by atoms with Gasteiger partial charge in [0.2, 0.25) is 0 Å². The van der Waals surface area contributed by atoms with Crippen LogP contribution in [0.3, 0.4) is 0 Å². The third kappa shape index (κ3) is 2.14. The van der Waals surface area contributed by atoms with E-state index in [2.05, 4.69) is 4.98 Å². The molecule has 0 aliphatic rings. The maximum Gasteiger partial charge on any atom is 0.264 e. The van der Waals surface area contributed by atoms with Crippen molar-refractivity contribution in [2.45, 2.75) is 6.43 Å². The third-order valence-corrected chi connectivity index (χ3v) is 1.84. The summed E-state index contributed by atoms with van der Waals surface area (Å²) >= 11 is 10.5. The standard InChI is InChI=1S/C7H3Cl2F2NO/c8-5-4(6(9)13)3(7(10)11)1-2-12-5/h1-2,7H. The molecule has 1 rings (SSSR count). The van der Waals surface area contributed by atoms with E-state index in [4.69, 9.17) is 23.2 Å². The first kappa shape index (κ1) is 10.3. The van der Waals surface area contributed by atoms with Gasteiger partial charge in [0.1, 0.15) is 5.15 Å². The summed E-state index contributed by atoms with van der Waals surface area (Å²) in [5, 5.41) is -1.34. The van der Waals surface area contributed by atoms with Gasteiger partial charge in [-0.1, -0.05) is 11.6 Å². The predicted octanol–water partition coefficient (Wildman–Crippen LogP) is 3.05. The molecule has 0 amide bonds. The SMILES string of the molecule is O=C(Cl)c1c(C(F)F)ccnc1Cl. The van der Waals surface area contributed by atoms with Crippen molar-refractivity contribution < 1.29 is 13.6 Å². The number of nitrogens with zero attached hydrogens (tertiary/aromatic N) is 1. The van der Waals surface area contributed by atoms with Crippen molar-refractivity contribution in [3.05, 3.63) is 28.5 Å². The predicted molar refractivity (Wildman–Crippen MR) is 44.4 cm³/mol. The molecule has 6 heteroatoms. The van der Waals surface area contributed by atoms with E-state index in [9.17, 15) is 13.6 Å². The second-order valence-electron chi connectivity index (χ2n) is 2.14. The highest BCUT2D eigenvalue weighted by Gasteiger charge is 2.20. The molecule has 0 bridgehead atoms. The lowest BCUT2D eigenvalue weighted by Gasteiger charge is -2.04. The Morgan fingerprint density at radius 2 is 2.15 bits per heavy atom. The number of pyridine rings is 1. The lowest BCUT2D eigenvalue weighted by Crippen LogP contribution is -2.00. The Morgan fingerprint density at radius 3 is 2.54 bits per heavy atom. The number of alkyl halides is 2. The average Bonchev–Trinajstić information content (AvgIpc) is 2.02. The fraction of sp³-hybridized carbons (Fsp3) is 0.143. The molecule has 0 N–H and O–H groups in total. The fourth-order valence-corrected chi connectivity index (χ4v) is 1.32. The molecule has 13 heavy (non-hydrogen) atoms. The first-order valence-corrected chi connectivity index (χ1v) is 3.92. The van der Waals surface area contributed by atoms with Crippen LogP contribution in [0, 0.1) is 0 Å². The van der Waals surface area contributed by atoms with E-state index in [1.807, 2.05) is 0 Å². The smallest absolute Gasteiger partial charge is 0.264 e. The Bertz CT molecular complexity index is 343. The summed E-state index contributed by atoms with van der Waals surface area (Å²) in [4.78, 5) is 14.2. The monoisotopic (exact) mass is 225 g/mol. The second kappa shape index (κ2) is 3.98. The van der Waals surface area contributed by atoms with Gasteiger partial charge >= 0.3 is 0 Å². The molecule has 2 nitrogen and oxygen atoms in total. The van der Waals surface area contributed by atoms with Crippen LogP contribution in [-0.2, 0) is 0 Å². The van der Waals surface area contributed by atoms with Gasteiger partial charge < -0.3 is 0 Å². The summed E-state index contributed by atoms with van der Waals surface area (Å²) in [7, 11) is 0. The van der Waals surface area contributed by atoms with Gasteiger partial charge in [0.25, 0.3) is 11.7 Å². The molecular weight excluding hydrogens is 223 g/mol. The normalized spacial score (nSPS) is 10.5. The van der Waals surface area contributed by atoms with Gasteiger partial charge in [-0.2, -0.15) is 0 Å². The van der Waals surface area contributed by atoms with Gasteiger partial charge in [-0.25, -0.2) is 13.8 Å². The van der Waals surface area contributed by atoms with Crippen molar-refractivity contribution in [1.82, 2.24) is 4.98 Å². The Balaban J connectivity index is 3.34. The van der Waals surface area contributed by atoms with E-state index < -0.39 is 22.8 Å². The van der Waals surface area contributed by atoms with Gasteiger partial charge in [-0.15, -0.1) is 0 Å². The maximum absolute atomic E-state index is 12.3. The van der Waals surface area contributed by atoms with E-state index in [0.29, 0.717) is 0 Å². The van der Waals surface area contributed by atoms with E-state index >= 15 is 0 Å². The minimum Gasteiger partial charge on any atom is -0.275 e. The Kier molecular flexibility index (Phi) is 3.17. The molecule has 0 unspecified atom stereocenters. The van der Waals surface area contributed by atoms with Crippen LogP contribution in [0.25, 0.3) is 0 Å². The first-order chi connectivity index (χ1) is 6.04. The molecule has 0 aromatic carbocycles. The van der Waals surface area contributed by atoms with Crippen molar-refractivity contribution in [3.63, 3.8) is 0 Å². The average molecular weight is 226 g/mol. The summed E-state index contributed by atoms with van der Waals surface area (Å²) in [6, 6.07) is 1.01. The van der Waals surface area contributed by atoms with Gasteiger partial charge in [-0.3, -0.25) is 4.79 Å². The highest BCUT2D eigenvalue weighted by atomic mass is 35.5. The van der Waals surface area contributed by atoms with Gasteiger partial charge in [-0.05, 0) is 17.7 Å². The fourth-order valence-electron chi connectivity index (χ4n) is 0.826. The van der Waals surface area contributed by atoms with Crippen LogP contribution >= 0.6 is 23.2 Å². The molecule has 70 valence electrons. The topological polar surface area (TPSA) is 30.0 Å². The number of carbonyl (C=O) groups is 1. The first-order valence-electron chi connectivity index (χ1n) is 3.16.